The molecular weight excluding hydrogens is 294 g/mol. The minimum absolute atomic E-state index is 0.231. The Balaban J connectivity index is 2.11. The molecule has 7 nitrogen and oxygen atoms in total. The second-order valence-electron chi connectivity index (χ2n) is 4.32. The zero-order valence-electron chi connectivity index (χ0n) is 11.1. The third-order valence-corrected chi connectivity index (χ3v) is 3.54. The van der Waals surface area contributed by atoms with E-state index in [1.807, 2.05) is 6.92 Å². The van der Waals surface area contributed by atoms with Crippen LogP contribution in [0.3, 0.4) is 0 Å². The number of hydrogen-bond donors (Lipinski definition) is 2. The first-order chi connectivity index (χ1) is 9.86. The van der Waals surface area contributed by atoms with Gasteiger partial charge in [-0.25, -0.2) is 0 Å². The lowest BCUT2D eigenvalue weighted by atomic mass is 10.2. The van der Waals surface area contributed by atoms with Crippen molar-refractivity contribution < 1.29 is 17.8 Å². The molecule has 21 heavy (non-hydrogen) atoms. The summed E-state index contributed by atoms with van der Waals surface area (Å²) in [5.74, 6) is 0. The van der Waals surface area contributed by atoms with Gasteiger partial charge in [0.25, 0.3) is 10.1 Å². The summed E-state index contributed by atoms with van der Waals surface area (Å²) in [6.07, 6.45) is 0. The number of rotatable bonds is 4. The van der Waals surface area contributed by atoms with Gasteiger partial charge >= 0.3 is 0 Å². The number of aryl methyl sites for hydroxylation is 1. The van der Waals surface area contributed by atoms with E-state index in [1.54, 1.807) is 24.3 Å². The molecule has 0 aliphatic heterocycles. The van der Waals surface area contributed by atoms with Crippen LogP contribution in [0.4, 0.5) is 11.4 Å². The minimum atomic E-state index is -4.23. The predicted molar refractivity (Wildman–Crippen MR) is 76.8 cm³/mol. The summed E-state index contributed by atoms with van der Waals surface area (Å²) in [5, 5.41) is 15.3. The molecule has 0 saturated carbocycles. The Bertz CT molecular complexity index is 753. The highest BCUT2D eigenvalue weighted by Crippen LogP contribution is 2.15. The van der Waals surface area contributed by atoms with Crippen LogP contribution in [0.2, 0.25) is 0 Å². The molecule has 0 amide bonds. The molecule has 8 heteroatoms. The van der Waals surface area contributed by atoms with Crippen LogP contribution in [0.5, 0.6) is 0 Å². The Kier molecular flexibility index (Phi) is 4.20. The summed E-state index contributed by atoms with van der Waals surface area (Å²) in [4.78, 5) is 0.182. The van der Waals surface area contributed by atoms with E-state index in [0.717, 1.165) is 5.56 Å². The molecule has 0 atom stereocenters. The molecule has 0 spiro atoms. The standard InChI is InChI=1S/C13H13N3O4S/c1-10-2-6-12(7-3-10)16(17)15-14-11-4-8-13(9-5-11)21(18,19)20/h2-9,14H,1H3,(H,18,19,20)/b16-15-. The Morgan fingerprint density at radius 3 is 2.19 bits per heavy atom. The first-order valence-corrected chi connectivity index (χ1v) is 7.38. The molecule has 0 heterocycles. The van der Waals surface area contributed by atoms with Crippen molar-refractivity contribution >= 4 is 21.5 Å². The summed E-state index contributed by atoms with van der Waals surface area (Å²) in [6, 6.07) is 12.0. The van der Waals surface area contributed by atoms with Crippen molar-refractivity contribution in [3.63, 3.8) is 0 Å². The van der Waals surface area contributed by atoms with Crippen molar-refractivity contribution in [1.29, 1.82) is 0 Å². The van der Waals surface area contributed by atoms with Crippen LogP contribution < -0.4 is 5.43 Å². The van der Waals surface area contributed by atoms with Gasteiger partial charge in [0.15, 0.2) is 5.69 Å². The van der Waals surface area contributed by atoms with Gasteiger partial charge in [-0.1, -0.05) is 17.7 Å². The number of benzene rings is 2. The number of hydrogen-bond acceptors (Lipinski definition) is 4. The Labute approximate surface area is 121 Å². The average molecular weight is 307 g/mol. The molecule has 0 radical (unpaired) electrons. The number of nitrogens with zero attached hydrogens (tertiary/aromatic N) is 2. The first kappa shape index (κ1) is 14.9. The Morgan fingerprint density at radius 1 is 1.10 bits per heavy atom. The molecule has 0 aliphatic rings. The largest absolute Gasteiger partial charge is 0.691 e. The Morgan fingerprint density at radius 2 is 1.67 bits per heavy atom. The van der Waals surface area contributed by atoms with Crippen molar-refractivity contribution in [3.05, 3.63) is 59.3 Å². The van der Waals surface area contributed by atoms with Gasteiger partial charge in [0.05, 0.1) is 10.1 Å². The van der Waals surface area contributed by atoms with E-state index in [1.165, 1.54) is 24.3 Å². The maximum atomic E-state index is 11.7. The second kappa shape index (κ2) is 5.90. The number of anilines is 1. The SMILES string of the molecule is Cc1ccc(/[N+]([O-])=N/Nc2ccc(S(=O)(=O)O)cc2)cc1. The quantitative estimate of drug-likeness (QED) is 0.391. The van der Waals surface area contributed by atoms with E-state index in [4.69, 9.17) is 4.55 Å². The van der Waals surface area contributed by atoms with Crippen molar-refractivity contribution in [2.24, 2.45) is 5.22 Å². The van der Waals surface area contributed by atoms with Crippen molar-refractivity contribution in [3.8, 4) is 0 Å². The van der Waals surface area contributed by atoms with Gasteiger partial charge in [0, 0.05) is 0 Å². The van der Waals surface area contributed by atoms with Gasteiger partial charge in [-0.2, -0.15) is 8.42 Å². The summed E-state index contributed by atoms with van der Waals surface area (Å²) >= 11 is 0. The van der Waals surface area contributed by atoms with E-state index in [-0.39, 0.29) is 4.90 Å². The fourth-order valence-corrected chi connectivity index (χ4v) is 2.01. The summed E-state index contributed by atoms with van der Waals surface area (Å²) < 4.78 is 30.6. The molecule has 2 aromatic carbocycles. The van der Waals surface area contributed by atoms with Crippen LogP contribution in [0.15, 0.2) is 58.6 Å². The zero-order valence-corrected chi connectivity index (χ0v) is 11.9. The number of nitrogens with one attached hydrogen (secondary N) is 1. The van der Waals surface area contributed by atoms with Crippen LogP contribution >= 0.6 is 0 Å². The first-order valence-electron chi connectivity index (χ1n) is 5.94. The van der Waals surface area contributed by atoms with E-state index in [0.29, 0.717) is 16.2 Å². The molecule has 2 aromatic rings. The molecule has 0 aliphatic carbocycles. The third-order valence-electron chi connectivity index (χ3n) is 2.68. The smallest absolute Gasteiger partial charge is 0.294 e. The van der Waals surface area contributed by atoms with E-state index >= 15 is 0 Å². The van der Waals surface area contributed by atoms with Crippen LogP contribution in [-0.4, -0.2) is 17.8 Å². The second-order valence-corrected chi connectivity index (χ2v) is 5.74. The van der Waals surface area contributed by atoms with Crippen molar-refractivity contribution in [2.45, 2.75) is 11.8 Å². The summed E-state index contributed by atoms with van der Waals surface area (Å²) in [7, 11) is -4.23. The van der Waals surface area contributed by atoms with Gasteiger partial charge in [-0.05, 0) is 43.3 Å². The highest BCUT2D eigenvalue weighted by Gasteiger charge is 2.09. The predicted octanol–water partition coefficient (Wildman–Crippen LogP) is 2.86. The average Bonchev–Trinajstić information content (AvgIpc) is 2.45. The van der Waals surface area contributed by atoms with Crippen LogP contribution in [0.25, 0.3) is 0 Å². The topological polar surface area (TPSA) is 105 Å². The minimum Gasteiger partial charge on any atom is -0.691 e. The van der Waals surface area contributed by atoms with Gasteiger partial charge in [0.1, 0.15) is 5.69 Å². The molecule has 0 fully saturated rings. The lowest BCUT2D eigenvalue weighted by molar-refractivity contribution is -0.439. The van der Waals surface area contributed by atoms with Gasteiger partial charge < -0.3 is 5.21 Å². The molecule has 0 bridgehead atoms. The lowest BCUT2D eigenvalue weighted by Gasteiger charge is -2.05. The fraction of sp³-hybridized carbons (Fsp3) is 0.0769. The Hall–Kier alpha value is -2.45. The normalized spacial score (nSPS) is 12.2. The molecule has 0 unspecified atom stereocenters. The summed E-state index contributed by atoms with van der Waals surface area (Å²) in [5.41, 5.74) is 4.30. The lowest BCUT2D eigenvalue weighted by Crippen LogP contribution is -2.00. The van der Waals surface area contributed by atoms with Crippen LogP contribution in [0, 0.1) is 12.1 Å². The van der Waals surface area contributed by atoms with Crippen LogP contribution in [-0.2, 0) is 10.1 Å². The highest BCUT2D eigenvalue weighted by atomic mass is 32.2. The fourth-order valence-electron chi connectivity index (χ4n) is 1.53. The van der Waals surface area contributed by atoms with Crippen molar-refractivity contribution in [1.82, 2.24) is 0 Å². The van der Waals surface area contributed by atoms with E-state index in [9.17, 15) is 13.6 Å². The molecule has 2 N–H and O–H groups in total. The highest BCUT2D eigenvalue weighted by molar-refractivity contribution is 7.85. The zero-order chi connectivity index (χ0) is 15.5. The van der Waals surface area contributed by atoms with Gasteiger partial charge in [0.2, 0.25) is 0 Å². The molecule has 110 valence electrons. The van der Waals surface area contributed by atoms with Gasteiger partial charge in [-0.3, -0.25) is 4.55 Å². The maximum absolute atomic E-state index is 11.7. The van der Waals surface area contributed by atoms with Crippen molar-refractivity contribution in [2.75, 3.05) is 5.43 Å². The molecule has 0 saturated heterocycles. The van der Waals surface area contributed by atoms with Gasteiger partial charge in [-0.15, -0.1) is 10.3 Å². The molecular formula is C13H13N3O4S. The maximum Gasteiger partial charge on any atom is 0.294 e. The van der Waals surface area contributed by atoms with Crippen LogP contribution in [0.1, 0.15) is 5.56 Å². The summed E-state index contributed by atoms with van der Waals surface area (Å²) in [6.45, 7) is 1.91. The molecule has 2 rings (SSSR count). The third kappa shape index (κ3) is 4.01. The monoisotopic (exact) mass is 307 g/mol. The van der Waals surface area contributed by atoms with E-state index < -0.39 is 10.1 Å². The molecule has 0 aromatic heterocycles. The van der Waals surface area contributed by atoms with E-state index in [2.05, 4.69) is 10.6 Å².